The van der Waals surface area contributed by atoms with E-state index in [0.717, 1.165) is 20.8 Å². The van der Waals surface area contributed by atoms with Gasteiger partial charge in [0.05, 0.1) is 6.61 Å². The quantitative estimate of drug-likeness (QED) is 0.156. The number of esters is 6. The highest BCUT2D eigenvalue weighted by Crippen LogP contribution is 2.32. The van der Waals surface area contributed by atoms with Gasteiger partial charge in [0.1, 0.15) is 49.8 Å². The van der Waals surface area contributed by atoms with Gasteiger partial charge in [-0.25, -0.2) is 8.78 Å². The summed E-state index contributed by atoms with van der Waals surface area (Å²) in [5, 5.41) is 27.0. The average Bonchev–Trinajstić information content (AvgIpc) is 3.13. The van der Waals surface area contributed by atoms with Crippen LogP contribution in [0.25, 0.3) is 0 Å². The van der Waals surface area contributed by atoms with Crippen molar-refractivity contribution in [2.24, 2.45) is 5.92 Å². The molecule has 3 heterocycles. The Morgan fingerprint density at radius 2 is 0.877 bits per heavy atom. The number of aliphatic hydroxyl groups is 3. The zero-order valence-corrected chi connectivity index (χ0v) is 33.2. The van der Waals surface area contributed by atoms with Crippen molar-refractivity contribution >= 4 is 35.8 Å². The Morgan fingerprint density at radius 1 is 0.509 bits per heavy atom. The summed E-state index contributed by atoms with van der Waals surface area (Å²) in [7, 11) is 3.89. The highest BCUT2D eigenvalue weighted by molar-refractivity contribution is 5.68. The number of alkyl halides is 2. The minimum Gasteiger partial charge on any atom is -0.463 e. The monoisotopic (exact) mass is 834 g/mol. The van der Waals surface area contributed by atoms with Crippen LogP contribution < -0.4 is 0 Å². The summed E-state index contributed by atoms with van der Waals surface area (Å²) in [6.45, 7) is 7.95. The number of halogens is 2. The average molecular weight is 835 g/mol. The van der Waals surface area contributed by atoms with Crippen LogP contribution in [-0.4, -0.2) is 178 Å². The molecule has 6 unspecified atom stereocenters. The Labute approximate surface area is 327 Å². The lowest BCUT2D eigenvalue weighted by Gasteiger charge is -2.43. The van der Waals surface area contributed by atoms with E-state index in [1.54, 1.807) is 6.92 Å². The second-order valence-corrected chi connectivity index (χ2v) is 12.6. The molecule has 3 saturated heterocycles. The van der Waals surface area contributed by atoms with Crippen LogP contribution in [0.5, 0.6) is 0 Å². The van der Waals surface area contributed by atoms with Gasteiger partial charge in [-0.05, 0) is 0 Å². The molecule has 23 heteroatoms. The van der Waals surface area contributed by atoms with Crippen LogP contribution in [0.4, 0.5) is 8.78 Å². The summed E-state index contributed by atoms with van der Waals surface area (Å²) in [5.41, 5.74) is 0. The van der Waals surface area contributed by atoms with E-state index in [1.807, 2.05) is 0 Å². The van der Waals surface area contributed by atoms with Crippen LogP contribution in [0, 0.1) is 5.92 Å². The molecule has 0 aromatic carbocycles. The first-order valence-corrected chi connectivity index (χ1v) is 17.4. The molecule has 57 heavy (non-hydrogen) atoms. The Balaban J connectivity index is 0.000000442. The lowest BCUT2D eigenvalue weighted by atomic mass is 9.90. The van der Waals surface area contributed by atoms with E-state index in [4.69, 9.17) is 62.3 Å². The fourth-order valence-corrected chi connectivity index (χ4v) is 5.57. The fraction of sp³-hybridized carbons (Fsp3) is 0.824. The summed E-state index contributed by atoms with van der Waals surface area (Å²) in [6.07, 6.45) is -17.1. The molecule has 3 rings (SSSR count). The van der Waals surface area contributed by atoms with Crippen molar-refractivity contribution in [3.05, 3.63) is 0 Å². The van der Waals surface area contributed by atoms with Gasteiger partial charge >= 0.3 is 35.8 Å². The molecule has 0 aromatic rings. The van der Waals surface area contributed by atoms with Crippen molar-refractivity contribution in [1.82, 2.24) is 0 Å². The molecule has 0 amide bonds. The van der Waals surface area contributed by atoms with E-state index in [-0.39, 0.29) is 19.1 Å². The van der Waals surface area contributed by atoms with Crippen LogP contribution in [0.15, 0.2) is 0 Å². The number of hydrogen-bond acceptors (Lipinski definition) is 21. The Bertz CT molecular complexity index is 1210. The van der Waals surface area contributed by atoms with E-state index in [9.17, 15) is 42.7 Å². The molecular weight excluding hydrogens is 780 g/mol. The molecule has 15 atom stereocenters. The summed E-state index contributed by atoms with van der Waals surface area (Å²) < 4.78 is 88.1. The second kappa shape index (κ2) is 24.9. The maximum absolute atomic E-state index is 14.5. The molecule has 3 aliphatic rings. The Hall–Kier alpha value is -3.68. The van der Waals surface area contributed by atoms with Gasteiger partial charge in [-0.15, -0.1) is 0 Å². The molecule has 3 aliphatic heterocycles. The topological polar surface area (TPSA) is 274 Å². The minimum absolute atomic E-state index is 0.0130. The molecule has 0 bridgehead atoms. The van der Waals surface area contributed by atoms with Gasteiger partial charge in [-0.3, -0.25) is 28.8 Å². The summed E-state index contributed by atoms with van der Waals surface area (Å²) in [6, 6.07) is 0. The predicted molar refractivity (Wildman–Crippen MR) is 181 cm³/mol. The van der Waals surface area contributed by atoms with Crippen LogP contribution in [0.2, 0.25) is 0 Å². The van der Waals surface area contributed by atoms with E-state index >= 15 is 0 Å². The standard InChI is InChI=1S/C14H22O8.C13H19FO8.C7H13FO5/c1-7-11(6-19-8(2)15)22-14(18-5)13(21-10(4)17)12(7)20-9(3)16;1-6(15)19-5-9-10(14)11(20-7(2)16)12(21-8(3)17)13(18-4)22-9;1-12-7-6(11)5(10)4(8)3(2-9)13-7/h7,11-14H,6H2,1-5H3;9-13H,5H2,1-4H3;3-7,9-11H,2H2,1H3/t7-,11?,12-,13?,14+;9?,10-,11+,12?,13-;3?,4-,5-,6?,7-/m011/s1/i;14-1;8-1. The molecule has 0 saturated carbocycles. The van der Waals surface area contributed by atoms with Gasteiger partial charge in [0.25, 0.3) is 0 Å². The molecule has 3 N–H and O–H groups in total. The first-order chi connectivity index (χ1) is 26.6. The predicted octanol–water partition coefficient (Wildman–Crippen LogP) is -1.05. The fourth-order valence-electron chi connectivity index (χ4n) is 5.57. The minimum atomic E-state index is -1.86. The van der Waals surface area contributed by atoms with Gasteiger partial charge in [0.2, 0.25) is 0 Å². The first-order valence-electron chi connectivity index (χ1n) is 17.4. The van der Waals surface area contributed by atoms with Crippen LogP contribution in [0.3, 0.4) is 0 Å². The third-order valence-corrected chi connectivity index (χ3v) is 8.18. The number of aliphatic hydroxyl groups excluding tert-OH is 3. The van der Waals surface area contributed by atoms with Gasteiger partial charge < -0.3 is 72.2 Å². The van der Waals surface area contributed by atoms with Gasteiger partial charge in [0, 0.05) is 68.8 Å². The highest BCUT2D eigenvalue weighted by Gasteiger charge is 2.51. The third-order valence-electron chi connectivity index (χ3n) is 8.18. The largest absolute Gasteiger partial charge is 0.463 e. The van der Waals surface area contributed by atoms with E-state index in [2.05, 4.69) is 4.74 Å². The third kappa shape index (κ3) is 16.2. The summed E-state index contributed by atoms with van der Waals surface area (Å²) in [5.74, 6) is -3.95. The van der Waals surface area contributed by atoms with Gasteiger partial charge in [-0.1, -0.05) is 6.92 Å². The van der Waals surface area contributed by atoms with Gasteiger partial charge in [0.15, 0.2) is 49.5 Å². The van der Waals surface area contributed by atoms with Crippen LogP contribution in [-0.2, 0) is 85.6 Å². The zero-order chi connectivity index (χ0) is 43.7. The normalized spacial score (nSPS) is 34.7. The molecule has 3 fully saturated rings. The lowest BCUT2D eigenvalue weighted by molar-refractivity contribution is -0.290. The van der Waals surface area contributed by atoms with E-state index in [1.165, 1.54) is 42.1 Å². The smallest absolute Gasteiger partial charge is 0.303 e. The summed E-state index contributed by atoms with van der Waals surface area (Å²) >= 11 is 0. The SMILES string of the molecule is CO[C@@H]1OC(CO)[C@@H]([18F])[C@@H](O)C1O.CO[C@@H]1OC(COC(C)=O)[C@@H]([18F])[C@H](OC(C)=O)C1OC(C)=O.CO[C@@H]1OC(COC(C)=O)[C@H](C)[C@H](OC(C)=O)C1OC(C)=O. The van der Waals surface area contributed by atoms with E-state index < -0.39 is 129 Å². The van der Waals surface area contributed by atoms with E-state index in [0.29, 0.717) is 0 Å². The second-order valence-electron chi connectivity index (χ2n) is 12.6. The molecule has 0 aromatic heterocycles. The molecule has 0 radical (unpaired) electrons. The molecule has 0 aliphatic carbocycles. The van der Waals surface area contributed by atoms with Gasteiger partial charge in [-0.2, -0.15) is 0 Å². The highest BCUT2D eigenvalue weighted by atomic mass is 18.2. The van der Waals surface area contributed by atoms with Crippen molar-refractivity contribution in [2.75, 3.05) is 41.2 Å². The number of rotatable bonds is 12. The molecule has 0 spiro atoms. The maximum Gasteiger partial charge on any atom is 0.303 e. The number of hydrogen-bond donors (Lipinski definition) is 3. The lowest BCUT2D eigenvalue weighted by Crippen LogP contribution is -2.60. The molecule has 21 nitrogen and oxygen atoms in total. The number of methoxy groups -OCH3 is 3. The molecule has 330 valence electrons. The Kier molecular flexibility index (Phi) is 22.5. The molecular formula is C34H54F2O21. The van der Waals surface area contributed by atoms with Crippen LogP contribution in [0.1, 0.15) is 48.5 Å². The number of carbonyl (C=O) groups is 6. The van der Waals surface area contributed by atoms with Crippen LogP contribution >= 0.6 is 0 Å². The number of carbonyl (C=O) groups excluding carboxylic acids is 6. The Morgan fingerprint density at radius 3 is 1.28 bits per heavy atom. The van der Waals surface area contributed by atoms with Crippen molar-refractivity contribution < 1.29 is 110 Å². The van der Waals surface area contributed by atoms with Crippen molar-refractivity contribution in [1.29, 1.82) is 0 Å². The maximum atomic E-state index is 14.5. The first kappa shape index (κ1) is 51.3. The zero-order valence-electron chi connectivity index (χ0n) is 33.2. The van der Waals surface area contributed by atoms with Crippen molar-refractivity contribution in [2.45, 2.75) is 135 Å². The summed E-state index contributed by atoms with van der Waals surface area (Å²) in [4.78, 5) is 66.7. The van der Waals surface area contributed by atoms with Crippen molar-refractivity contribution in [3.8, 4) is 0 Å². The van der Waals surface area contributed by atoms with Crippen molar-refractivity contribution in [3.63, 3.8) is 0 Å². The number of ether oxygens (including phenoxy) is 12.